The molecule has 0 spiro atoms. The molecule has 85 heavy (non-hydrogen) atoms. The van der Waals surface area contributed by atoms with Crippen LogP contribution in [0.2, 0.25) is 0 Å². The van der Waals surface area contributed by atoms with Crippen LogP contribution in [0.5, 0.6) is 46.0 Å². The molecule has 0 heterocycles. The lowest BCUT2D eigenvalue weighted by atomic mass is 9.75. The molecule has 2 unspecified atom stereocenters. The van der Waals surface area contributed by atoms with Crippen molar-refractivity contribution >= 4 is 21.4 Å². The summed E-state index contributed by atoms with van der Waals surface area (Å²) in [5.74, 6) is 1.90. The second-order valence-electron chi connectivity index (χ2n) is 20.6. The van der Waals surface area contributed by atoms with Gasteiger partial charge in [-0.1, -0.05) is 108 Å². The van der Waals surface area contributed by atoms with Crippen LogP contribution < -0.4 is 18.9 Å². The Bertz CT molecular complexity index is 3830. The summed E-state index contributed by atoms with van der Waals surface area (Å²) in [4.78, 5) is 25.7. The third-order valence-electron chi connectivity index (χ3n) is 14.9. The molecule has 15 heteroatoms. The van der Waals surface area contributed by atoms with Crippen LogP contribution in [0.3, 0.4) is 0 Å². The molecule has 0 aromatic heterocycles. The summed E-state index contributed by atoms with van der Waals surface area (Å²) < 4.78 is 141. The number of alkyl halides is 6. The van der Waals surface area contributed by atoms with Gasteiger partial charge in [-0.2, -0.15) is 26.3 Å². The van der Waals surface area contributed by atoms with E-state index in [1.165, 1.54) is 146 Å². The highest BCUT2D eigenvalue weighted by Gasteiger charge is 2.54. The predicted molar refractivity (Wildman–Crippen MR) is 312 cm³/mol. The molecule has 0 saturated heterocycles. The number of rotatable bonds is 18. The van der Waals surface area contributed by atoms with Crippen molar-refractivity contribution in [3.63, 3.8) is 0 Å². The Morgan fingerprint density at radius 1 is 0.294 bits per heavy atom. The fourth-order valence-electron chi connectivity index (χ4n) is 9.56. The molecule has 10 rings (SSSR count). The molecule has 10 aromatic carbocycles. The van der Waals surface area contributed by atoms with Gasteiger partial charge in [0.25, 0.3) is 0 Å². The third-order valence-corrected chi connectivity index (χ3v) is 16.7. The Morgan fingerprint density at radius 3 is 0.671 bits per heavy atom. The standard InChI is InChI=1S/C70H52F6O8S/c1-45-5-9-47(10-6-45)65(77)49-13-25-55(26-14-49)81-57-29-17-51(18-30-57)67(3,69(71,72)73)53-21-33-59(34-22-53)83-61-37-41-63(42-38-61)85(79,80)64-43-39-62(40-44-64)84-60-35-23-54(24-36-60)68(4,70(74,75)76)52-19-31-58(32-20-52)82-56-27-15-50(16-28-56)66(78)48-11-7-46(2)8-12-48/h5-44H,1-4H3. The Labute approximate surface area is 487 Å². The minimum absolute atomic E-state index is 0.0389. The number of hydrogen-bond acceptors (Lipinski definition) is 8. The van der Waals surface area contributed by atoms with E-state index in [1.54, 1.807) is 72.8 Å². The van der Waals surface area contributed by atoms with Gasteiger partial charge < -0.3 is 18.9 Å². The van der Waals surface area contributed by atoms with Gasteiger partial charge in [-0.05, 0) is 196 Å². The molecule has 0 radical (unpaired) electrons. The Balaban J connectivity index is 0.741. The summed E-state index contributed by atoms with van der Waals surface area (Å²) in [5.41, 5.74) is -1.01. The van der Waals surface area contributed by atoms with Crippen LogP contribution >= 0.6 is 0 Å². The van der Waals surface area contributed by atoms with Crippen molar-refractivity contribution in [2.75, 3.05) is 0 Å². The molecule has 0 aliphatic heterocycles. The number of ether oxygens (including phenoxy) is 4. The first-order chi connectivity index (χ1) is 40.5. The quantitative estimate of drug-likeness (QED) is 0.0618. The van der Waals surface area contributed by atoms with Gasteiger partial charge >= 0.3 is 12.4 Å². The van der Waals surface area contributed by atoms with Crippen molar-refractivity contribution in [1.82, 2.24) is 0 Å². The summed E-state index contributed by atoms with van der Waals surface area (Å²) >= 11 is 0. The van der Waals surface area contributed by atoms with Gasteiger partial charge in [-0.3, -0.25) is 9.59 Å². The zero-order chi connectivity index (χ0) is 60.3. The van der Waals surface area contributed by atoms with Gasteiger partial charge in [0.2, 0.25) is 9.84 Å². The second-order valence-corrected chi connectivity index (χ2v) is 22.6. The summed E-state index contributed by atoms with van der Waals surface area (Å²) in [5, 5.41) is 0. The van der Waals surface area contributed by atoms with Crippen molar-refractivity contribution in [1.29, 1.82) is 0 Å². The highest BCUT2D eigenvalue weighted by molar-refractivity contribution is 7.91. The minimum Gasteiger partial charge on any atom is -0.457 e. The lowest BCUT2D eigenvalue weighted by molar-refractivity contribution is -0.173. The first-order valence-corrected chi connectivity index (χ1v) is 28.1. The Hall–Kier alpha value is -9.73. The Kier molecular flexibility index (Phi) is 16.2. The first-order valence-electron chi connectivity index (χ1n) is 26.6. The zero-order valence-electron chi connectivity index (χ0n) is 46.0. The normalized spacial score (nSPS) is 13.2. The number of carbonyl (C=O) groups excluding carboxylic acids is 2. The number of hydrogen-bond donors (Lipinski definition) is 0. The predicted octanol–water partition coefficient (Wildman–Crippen LogP) is 18.5. The van der Waals surface area contributed by atoms with E-state index in [0.29, 0.717) is 45.3 Å². The number of sulfone groups is 1. The smallest absolute Gasteiger partial charge is 0.402 e. The lowest BCUT2D eigenvalue weighted by Gasteiger charge is -2.33. The average Bonchev–Trinajstić information content (AvgIpc) is 1.86. The van der Waals surface area contributed by atoms with E-state index in [4.69, 9.17) is 18.9 Å². The van der Waals surface area contributed by atoms with Gasteiger partial charge in [-0.25, -0.2) is 8.42 Å². The van der Waals surface area contributed by atoms with E-state index in [0.717, 1.165) is 25.0 Å². The van der Waals surface area contributed by atoms with Crippen molar-refractivity contribution in [2.24, 2.45) is 0 Å². The van der Waals surface area contributed by atoms with Gasteiger partial charge in [0, 0.05) is 22.3 Å². The summed E-state index contributed by atoms with van der Waals surface area (Å²) in [6.45, 7) is 6.03. The lowest BCUT2D eigenvalue weighted by Crippen LogP contribution is -2.40. The number of ketones is 2. The van der Waals surface area contributed by atoms with E-state index in [2.05, 4.69) is 0 Å². The maximum absolute atomic E-state index is 15.0. The maximum Gasteiger partial charge on any atom is 0.402 e. The topological polar surface area (TPSA) is 105 Å². The molecule has 0 aliphatic rings. The number of benzene rings is 10. The van der Waals surface area contributed by atoms with E-state index < -0.39 is 33.0 Å². The van der Waals surface area contributed by atoms with Crippen LogP contribution in [-0.2, 0) is 20.7 Å². The largest absolute Gasteiger partial charge is 0.457 e. The van der Waals surface area contributed by atoms with Crippen molar-refractivity contribution in [3.8, 4) is 46.0 Å². The number of carbonyl (C=O) groups is 2. The molecule has 428 valence electrons. The number of aryl methyl sites for hydroxylation is 2. The molecule has 10 aromatic rings. The summed E-state index contributed by atoms with van der Waals surface area (Å²) in [6.07, 6.45) is -9.44. The highest BCUT2D eigenvalue weighted by Crippen LogP contribution is 2.49. The highest BCUT2D eigenvalue weighted by atomic mass is 32.2. The van der Waals surface area contributed by atoms with Crippen molar-refractivity contribution < 1.29 is 63.3 Å². The van der Waals surface area contributed by atoms with E-state index in [1.807, 2.05) is 38.1 Å². The first kappa shape index (κ1) is 58.5. The molecule has 0 amide bonds. The number of halogens is 6. The molecule has 0 saturated carbocycles. The van der Waals surface area contributed by atoms with Gasteiger partial charge in [-0.15, -0.1) is 0 Å². The van der Waals surface area contributed by atoms with E-state index in [9.17, 15) is 18.0 Å². The molecular formula is C70H52F6O8S. The average molecular weight is 1170 g/mol. The minimum atomic E-state index is -4.72. The molecule has 8 nitrogen and oxygen atoms in total. The summed E-state index contributed by atoms with van der Waals surface area (Å²) in [7, 11) is -4.07. The van der Waals surface area contributed by atoms with Crippen LogP contribution in [0.15, 0.2) is 252 Å². The fourth-order valence-corrected chi connectivity index (χ4v) is 10.8. The monoisotopic (exact) mass is 1170 g/mol. The van der Waals surface area contributed by atoms with Crippen LogP contribution in [0.1, 0.15) is 79.1 Å². The van der Waals surface area contributed by atoms with E-state index in [-0.39, 0.29) is 66.6 Å². The zero-order valence-corrected chi connectivity index (χ0v) is 46.9. The third kappa shape index (κ3) is 12.5. The second kappa shape index (κ2) is 23.5. The maximum atomic E-state index is 15.0. The fraction of sp³-hybridized carbons (Fsp3) is 0.114. The van der Waals surface area contributed by atoms with Crippen LogP contribution in [0.25, 0.3) is 0 Å². The molecule has 0 aliphatic carbocycles. The summed E-state index contributed by atoms with van der Waals surface area (Å²) in [6, 6.07) is 60.4. The molecule has 0 fully saturated rings. The molecule has 0 bridgehead atoms. The van der Waals surface area contributed by atoms with Crippen molar-refractivity contribution in [2.45, 2.75) is 60.7 Å². The van der Waals surface area contributed by atoms with Crippen LogP contribution in [-0.4, -0.2) is 32.3 Å². The van der Waals surface area contributed by atoms with Gasteiger partial charge in [0.05, 0.1) is 9.79 Å². The molecular weight excluding hydrogens is 1110 g/mol. The van der Waals surface area contributed by atoms with Gasteiger partial charge in [0.15, 0.2) is 11.6 Å². The van der Waals surface area contributed by atoms with Crippen molar-refractivity contribution in [3.05, 3.63) is 298 Å². The molecule has 0 N–H and O–H groups in total. The van der Waals surface area contributed by atoms with Crippen LogP contribution in [0, 0.1) is 13.8 Å². The van der Waals surface area contributed by atoms with Crippen LogP contribution in [0.4, 0.5) is 26.3 Å². The Morgan fingerprint density at radius 2 is 0.471 bits per heavy atom. The van der Waals surface area contributed by atoms with E-state index >= 15 is 26.3 Å². The van der Waals surface area contributed by atoms with Gasteiger partial charge in [0.1, 0.15) is 56.8 Å². The SMILES string of the molecule is Cc1ccc(C(=O)c2ccc(Oc3ccc(C(C)(c4ccc(Oc5ccc(S(=O)(=O)c6ccc(Oc7ccc(C(C)(c8ccc(Oc9ccc(C(=O)c%10ccc(C)cc%10)cc9)cc8)C(F)(F)F)cc7)cc6)cc5)cc4)C(F)(F)F)cc3)cc2)cc1. The molecule has 2 atom stereocenters.